The predicted octanol–water partition coefficient (Wildman–Crippen LogP) is 2.74. The van der Waals surface area contributed by atoms with E-state index in [9.17, 15) is 0 Å². The first-order valence-corrected chi connectivity index (χ1v) is 7.94. The van der Waals surface area contributed by atoms with E-state index in [4.69, 9.17) is 9.72 Å². The average Bonchev–Trinajstić information content (AvgIpc) is 2.70. The molecular formula is C14H25N3OS. The van der Waals surface area contributed by atoms with Gasteiger partial charge in [0.05, 0.1) is 17.9 Å². The Kier molecular flexibility index (Phi) is 4.81. The second-order valence-electron chi connectivity index (χ2n) is 5.39. The van der Waals surface area contributed by atoms with Crippen molar-refractivity contribution >= 4 is 16.5 Å². The van der Waals surface area contributed by atoms with Crippen LogP contribution in [0.25, 0.3) is 0 Å². The van der Waals surface area contributed by atoms with Gasteiger partial charge in [-0.15, -0.1) is 11.3 Å². The largest absolute Gasteiger partial charge is 0.372 e. The van der Waals surface area contributed by atoms with Crippen molar-refractivity contribution < 1.29 is 4.74 Å². The number of rotatable bonds is 4. The van der Waals surface area contributed by atoms with Gasteiger partial charge in [0, 0.05) is 24.0 Å². The molecule has 0 aromatic carbocycles. The molecule has 0 amide bonds. The van der Waals surface area contributed by atoms with Crippen LogP contribution in [0.1, 0.15) is 44.3 Å². The van der Waals surface area contributed by atoms with Crippen LogP contribution in [0.2, 0.25) is 0 Å². The Labute approximate surface area is 120 Å². The molecule has 19 heavy (non-hydrogen) atoms. The number of hydrogen-bond donors (Lipinski definition) is 1. The van der Waals surface area contributed by atoms with Gasteiger partial charge in [-0.2, -0.15) is 0 Å². The van der Waals surface area contributed by atoms with Crippen LogP contribution < -0.4 is 10.2 Å². The average molecular weight is 283 g/mol. The summed E-state index contributed by atoms with van der Waals surface area (Å²) >= 11 is 1.81. The lowest BCUT2D eigenvalue weighted by Crippen LogP contribution is -2.45. The van der Waals surface area contributed by atoms with E-state index in [1.165, 1.54) is 4.88 Å². The summed E-state index contributed by atoms with van der Waals surface area (Å²) < 4.78 is 5.78. The number of nitrogens with zero attached hydrogens (tertiary/aromatic N) is 2. The van der Waals surface area contributed by atoms with Gasteiger partial charge in [0.2, 0.25) is 0 Å². The molecule has 1 aromatic rings. The summed E-state index contributed by atoms with van der Waals surface area (Å²) in [5.41, 5.74) is 1.15. The Bertz CT molecular complexity index is 411. The first-order valence-electron chi connectivity index (χ1n) is 7.12. The monoisotopic (exact) mass is 283 g/mol. The van der Waals surface area contributed by atoms with Gasteiger partial charge in [-0.25, -0.2) is 4.98 Å². The highest BCUT2D eigenvalue weighted by Crippen LogP contribution is 2.32. The van der Waals surface area contributed by atoms with E-state index >= 15 is 0 Å². The van der Waals surface area contributed by atoms with Gasteiger partial charge in [-0.3, -0.25) is 0 Å². The number of morpholine rings is 1. The highest BCUT2D eigenvalue weighted by molar-refractivity contribution is 7.15. The molecule has 1 N–H and O–H groups in total. The lowest BCUT2D eigenvalue weighted by atomic mass is 10.2. The lowest BCUT2D eigenvalue weighted by molar-refractivity contribution is -0.00523. The van der Waals surface area contributed by atoms with Crippen molar-refractivity contribution in [2.24, 2.45) is 0 Å². The minimum atomic E-state index is 0.280. The van der Waals surface area contributed by atoms with Crippen LogP contribution >= 0.6 is 11.3 Å². The molecule has 0 spiro atoms. The van der Waals surface area contributed by atoms with E-state index < -0.39 is 0 Å². The quantitative estimate of drug-likeness (QED) is 0.922. The highest BCUT2D eigenvalue weighted by atomic mass is 32.1. The topological polar surface area (TPSA) is 37.4 Å². The second kappa shape index (κ2) is 6.20. The van der Waals surface area contributed by atoms with E-state index in [0.717, 1.165) is 30.5 Å². The van der Waals surface area contributed by atoms with Crippen molar-refractivity contribution in [1.29, 1.82) is 0 Å². The minimum Gasteiger partial charge on any atom is -0.372 e. The predicted molar refractivity (Wildman–Crippen MR) is 81.2 cm³/mol. The zero-order valence-electron chi connectivity index (χ0n) is 12.6. The number of ether oxygens (including phenoxy) is 1. The molecule has 108 valence electrons. The molecule has 1 aromatic heterocycles. The van der Waals surface area contributed by atoms with E-state index in [2.05, 4.69) is 44.8 Å². The minimum absolute atomic E-state index is 0.280. The Morgan fingerprint density at radius 3 is 2.63 bits per heavy atom. The number of aryl methyl sites for hydroxylation is 1. The SMILES string of the molecule is CCNC(C)c1sc(N2CC(C)OC(C)C2)nc1C. The maximum Gasteiger partial charge on any atom is 0.186 e. The molecule has 1 aliphatic rings. The molecule has 1 fully saturated rings. The zero-order valence-corrected chi connectivity index (χ0v) is 13.4. The molecule has 0 radical (unpaired) electrons. The molecule has 1 saturated heterocycles. The molecule has 1 aliphatic heterocycles. The highest BCUT2D eigenvalue weighted by Gasteiger charge is 2.25. The number of anilines is 1. The molecule has 0 aliphatic carbocycles. The van der Waals surface area contributed by atoms with Crippen molar-refractivity contribution in [1.82, 2.24) is 10.3 Å². The van der Waals surface area contributed by atoms with Crippen LogP contribution in [0.5, 0.6) is 0 Å². The van der Waals surface area contributed by atoms with Crippen LogP contribution in [-0.4, -0.2) is 36.8 Å². The normalized spacial score (nSPS) is 25.6. The van der Waals surface area contributed by atoms with E-state index in [1.54, 1.807) is 0 Å². The number of aromatic nitrogens is 1. The van der Waals surface area contributed by atoms with Crippen LogP contribution in [0.4, 0.5) is 5.13 Å². The summed E-state index contributed by atoms with van der Waals surface area (Å²) in [4.78, 5) is 8.47. The van der Waals surface area contributed by atoms with Crippen LogP contribution in [0.15, 0.2) is 0 Å². The molecular weight excluding hydrogens is 258 g/mol. The summed E-state index contributed by atoms with van der Waals surface area (Å²) in [5, 5.41) is 4.60. The first kappa shape index (κ1) is 14.8. The third kappa shape index (κ3) is 3.46. The molecule has 0 bridgehead atoms. The van der Waals surface area contributed by atoms with Gasteiger partial charge < -0.3 is 15.0 Å². The van der Waals surface area contributed by atoms with E-state index in [0.29, 0.717) is 6.04 Å². The van der Waals surface area contributed by atoms with Gasteiger partial charge in [0.15, 0.2) is 5.13 Å². The van der Waals surface area contributed by atoms with Crippen molar-refractivity contribution in [2.75, 3.05) is 24.5 Å². The Balaban J connectivity index is 2.15. The fourth-order valence-electron chi connectivity index (χ4n) is 2.66. The number of nitrogens with one attached hydrogen (secondary N) is 1. The van der Waals surface area contributed by atoms with Crippen molar-refractivity contribution in [3.8, 4) is 0 Å². The smallest absolute Gasteiger partial charge is 0.186 e. The van der Waals surface area contributed by atoms with E-state index in [-0.39, 0.29) is 12.2 Å². The van der Waals surface area contributed by atoms with Gasteiger partial charge in [0.1, 0.15) is 0 Å². The molecule has 4 nitrogen and oxygen atoms in total. The zero-order chi connectivity index (χ0) is 14.0. The first-order chi connectivity index (χ1) is 9.01. The fraction of sp³-hybridized carbons (Fsp3) is 0.786. The summed E-state index contributed by atoms with van der Waals surface area (Å²) in [6, 6.07) is 0.382. The van der Waals surface area contributed by atoms with Gasteiger partial charge in [0.25, 0.3) is 0 Å². The standard InChI is InChI=1S/C14H25N3OS/c1-6-15-11(4)13-12(5)16-14(19-13)17-7-9(2)18-10(3)8-17/h9-11,15H,6-8H2,1-5H3. The van der Waals surface area contributed by atoms with Crippen LogP contribution in [0.3, 0.4) is 0 Å². The maximum absolute atomic E-state index is 5.78. The summed E-state index contributed by atoms with van der Waals surface area (Å²) in [6.45, 7) is 13.6. The number of thiazole rings is 1. The molecule has 2 heterocycles. The molecule has 0 saturated carbocycles. The molecule has 3 atom stereocenters. The van der Waals surface area contributed by atoms with Crippen LogP contribution in [-0.2, 0) is 4.74 Å². The summed E-state index contributed by atoms with van der Waals surface area (Å²) in [6.07, 6.45) is 0.560. The summed E-state index contributed by atoms with van der Waals surface area (Å²) in [5.74, 6) is 0. The Hall–Kier alpha value is -0.650. The second-order valence-corrected chi connectivity index (χ2v) is 6.40. The van der Waals surface area contributed by atoms with Crippen molar-refractivity contribution in [3.05, 3.63) is 10.6 Å². The lowest BCUT2D eigenvalue weighted by Gasteiger charge is -2.35. The molecule has 3 unspecified atom stereocenters. The van der Waals surface area contributed by atoms with Gasteiger partial charge >= 0.3 is 0 Å². The van der Waals surface area contributed by atoms with Crippen LogP contribution in [0, 0.1) is 6.92 Å². The maximum atomic E-state index is 5.78. The third-order valence-electron chi connectivity index (χ3n) is 3.41. The third-order valence-corrected chi connectivity index (χ3v) is 4.82. The van der Waals surface area contributed by atoms with Crippen molar-refractivity contribution in [2.45, 2.75) is 52.9 Å². The van der Waals surface area contributed by atoms with Gasteiger partial charge in [-0.05, 0) is 34.2 Å². The van der Waals surface area contributed by atoms with E-state index in [1.807, 2.05) is 11.3 Å². The summed E-state index contributed by atoms with van der Waals surface area (Å²) in [7, 11) is 0. The fourth-order valence-corrected chi connectivity index (χ4v) is 3.77. The Morgan fingerprint density at radius 1 is 1.42 bits per heavy atom. The van der Waals surface area contributed by atoms with Gasteiger partial charge in [-0.1, -0.05) is 6.92 Å². The molecule has 2 rings (SSSR count). The van der Waals surface area contributed by atoms with Crippen molar-refractivity contribution in [3.63, 3.8) is 0 Å². The Morgan fingerprint density at radius 2 is 2.05 bits per heavy atom. The number of hydrogen-bond acceptors (Lipinski definition) is 5. The molecule has 5 heteroatoms.